The predicted octanol–water partition coefficient (Wildman–Crippen LogP) is 3.24. The Morgan fingerprint density at radius 2 is 2.35 bits per heavy atom. The van der Waals surface area contributed by atoms with E-state index in [4.69, 9.17) is 0 Å². The fraction of sp³-hybridized carbons (Fsp3) is 0.667. The summed E-state index contributed by atoms with van der Waals surface area (Å²) in [6.07, 6.45) is 9.85. The van der Waals surface area contributed by atoms with Gasteiger partial charge >= 0.3 is 0 Å². The molecule has 3 rings (SSSR count). The number of rotatable bonds is 4. The third kappa shape index (κ3) is 2.23. The summed E-state index contributed by atoms with van der Waals surface area (Å²) in [7, 11) is 0. The molecule has 0 aromatic carbocycles. The molecule has 0 amide bonds. The number of nitrogens with zero attached hydrogens (tertiary/aromatic N) is 1. The van der Waals surface area contributed by atoms with Crippen LogP contribution in [0.5, 0.6) is 0 Å². The lowest BCUT2D eigenvalue weighted by molar-refractivity contribution is 0.374. The van der Waals surface area contributed by atoms with Crippen molar-refractivity contribution in [3.63, 3.8) is 0 Å². The van der Waals surface area contributed by atoms with Gasteiger partial charge in [-0.25, -0.2) is 0 Å². The van der Waals surface area contributed by atoms with Crippen LogP contribution < -0.4 is 5.32 Å². The van der Waals surface area contributed by atoms with E-state index in [0.717, 1.165) is 0 Å². The van der Waals surface area contributed by atoms with Gasteiger partial charge in [0.15, 0.2) is 0 Å². The molecule has 1 aromatic rings. The lowest BCUT2D eigenvalue weighted by atomic mass is 9.91. The molecule has 2 aliphatic carbocycles. The van der Waals surface area contributed by atoms with Crippen LogP contribution in [0, 0.1) is 5.41 Å². The Balaban J connectivity index is 1.68. The Morgan fingerprint density at radius 3 is 3.12 bits per heavy atom. The van der Waals surface area contributed by atoms with Crippen molar-refractivity contribution in [2.75, 3.05) is 6.54 Å². The Bertz CT molecular complexity index is 396. The Labute approximate surface area is 104 Å². The van der Waals surface area contributed by atoms with Gasteiger partial charge in [-0.15, -0.1) is 0 Å². The molecule has 0 bridgehead atoms. The Hall–Kier alpha value is -0.890. The highest BCUT2D eigenvalue weighted by Crippen LogP contribution is 2.48. The van der Waals surface area contributed by atoms with Crippen molar-refractivity contribution < 1.29 is 0 Å². The molecular weight excluding hydrogens is 208 g/mol. The summed E-state index contributed by atoms with van der Waals surface area (Å²) in [4.78, 5) is 4.59. The van der Waals surface area contributed by atoms with Gasteiger partial charge in [0.25, 0.3) is 0 Å². The van der Waals surface area contributed by atoms with E-state index >= 15 is 0 Å². The molecule has 1 heterocycles. The fourth-order valence-electron chi connectivity index (χ4n) is 2.98. The molecule has 2 nitrogen and oxygen atoms in total. The van der Waals surface area contributed by atoms with Crippen LogP contribution in [-0.2, 0) is 6.42 Å². The summed E-state index contributed by atoms with van der Waals surface area (Å²) >= 11 is 0. The molecule has 1 fully saturated rings. The van der Waals surface area contributed by atoms with Gasteiger partial charge in [-0.1, -0.05) is 13.0 Å². The fourth-order valence-corrected chi connectivity index (χ4v) is 2.98. The number of nitrogens with one attached hydrogen (secondary N) is 1. The number of aryl methyl sites for hydroxylation is 1. The van der Waals surface area contributed by atoms with E-state index in [-0.39, 0.29) is 0 Å². The van der Waals surface area contributed by atoms with Crippen LogP contribution in [0.1, 0.15) is 56.3 Å². The number of pyridine rings is 1. The van der Waals surface area contributed by atoms with Crippen molar-refractivity contribution in [2.45, 2.75) is 51.5 Å². The van der Waals surface area contributed by atoms with Gasteiger partial charge in [-0.2, -0.15) is 0 Å². The molecular formula is C15H22N2. The Morgan fingerprint density at radius 1 is 1.47 bits per heavy atom. The second-order valence-corrected chi connectivity index (χ2v) is 5.73. The van der Waals surface area contributed by atoms with Crippen LogP contribution in [0.25, 0.3) is 0 Å². The number of aromatic nitrogens is 1. The predicted molar refractivity (Wildman–Crippen MR) is 69.9 cm³/mol. The van der Waals surface area contributed by atoms with Gasteiger partial charge in [0.1, 0.15) is 0 Å². The maximum Gasteiger partial charge on any atom is 0.0605 e. The van der Waals surface area contributed by atoms with Crippen LogP contribution in [0.4, 0.5) is 0 Å². The molecule has 2 heteroatoms. The van der Waals surface area contributed by atoms with Crippen LogP contribution in [0.3, 0.4) is 0 Å². The van der Waals surface area contributed by atoms with Crippen molar-refractivity contribution in [1.82, 2.24) is 10.3 Å². The highest BCUT2D eigenvalue weighted by atomic mass is 15.0. The third-order valence-corrected chi connectivity index (χ3v) is 4.63. The van der Waals surface area contributed by atoms with Gasteiger partial charge in [-0.3, -0.25) is 4.98 Å². The van der Waals surface area contributed by atoms with Gasteiger partial charge in [0.05, 0.1) is 5.69 Å². The van der Waals surface area contributed by atoms with Gasteiger partial charge in [0.2, 0.25) is 0 Å². The van der Waals surface area contributed by atoms with Crippen LogP contribution in [0.15, 0.2) is 18.3 Å². The molecule has 1 atom stereocenters. The summed E-state index contributed by atoms with van der Waals surface area (Å²) in [5.41, 5.74) is 3.40. The molecule has 92 valence electrons. The SMILES string of the molecule is CCC1(CNC2CCCc3cccnc32)CC1. The van der Waals surface area contributed by atoms with Crippen LogP contribution >= 0.6 is 0 Å². The molecule has 0 aliphatic heterocycles. The van der Waals surface area contributed by atoms with E-state index in [9.17, 15) is 0 Å². The maximum atomic E-state index is 4.59. The van der Waals surface area contributed by atoms with Crippen molar-refractivity contribution in [3.05, 3.63) is 29.6 Å². The highest BCUT2D eigenvalue weighted by molar-refractivity contribution is 5.25. The summed E-state index contributed by atoms with van der Waals surface area (Å²) < 4.78 is 0. The number of hydrogen-bond donors (Lipinski definition) is 1. The van der Waals surface area contributed by atoms with E-state index in [1.54, 1.807) is 0 Å². The molecule has 0 radical (unpaired) electrons. The van der Waals surface area contributed by atoms with Crippen molar-refractivity contribution in [2.24, 2.45) is 5.41 Å². The lowest BCUT2D eigenvalue weighted by Crippen LogP contribution is -2.31. The summed E-state index contributed by atoms with van der Waals surface area (Å²) in [5.74, 6) is 0. The van der Waals surface area contributed by atoms with Gasteiger partial charge < -0.3 is 5.32 Å². The first-order chi connectivity index (χ1) is 8.33. The molecule has 1 aromatic heterocycles. The highest BCUT2D eigenvalue weighted by Gasteiger charge is 2.40. The quantitative estimate of drug-likeness (QED) is 0.859. The molecule has 0 spiro atoms. The molecule has 1 saturated carbocycles. The Kier molecular flexibility index (Phi) is 2.91. The smallest absolute Gasteiger partial charge is 0.0605 e. The molecule has 17 heavy (non-hydrogen) atoms. The monoisotopic (exact) mass is 230 g/mol. The zero-order valence-corrected chi connectivity index (χ0v) is 10.7. The van der Waals surface area contributed by atoms with E-state index < -0.39 is 0 Å². The minimum Gasteiger partial charge on any atom is -0.308 e. The zero-order valence-electron chi connectivity index (χ0n) is 10.7. The van der Waals surface area contributed by atoms with Crippen molar-refractivity contribution in [3.8, 4) is 0 Å². The second-order valence-electron chi connectivity index (χ2n) is 5.73. The normalized spacial score (nSPS) is 25.4. The third-order valence-electron chi connectivity index (χ3n) is 4.63. The first-order valence-electron chi connectivity index (χ1n) is 7.00. The van der Waals surface area contributed by atoms with Gasteiger partial charge in [0, 0.05) is 18.8 Å². The van der Waals surface area contributed by atoms with E-state index in [2.05, 4.69) is 29.4 Å². The first kappa shape index (κ1) is 11.2. The zero-order chi connectivity index (χ0) is 11.7. The van der Waals surface area contributed by atoms with E-state index in [0.29, 0.717) is 11.5 Å². The molecule has 2 aliphatic rings. The average molecular weight is 230 g/mol. The van der Waals surface area contributed by atoms with E-state index in [1.807, 2.05) is 6.20 Å². The summed E-state index contributed by atoms with van der Waals surface area (Å²) in [5, 5.41) is 3.77. The standard InChI is InChI=1S/C15H22N2/c1-2-15(8-9-15)11-17-13-7-3-5-12-6-4-10-16-14(12)13/h4,6,10,13,17H,2-3,5,7-9,11H2,1H3. The minimum atomic E-state index is 0.504. The number of hydrogen-bond acceptors (Lipinski definition) is 2. The van der Waals surface area contributed by atoms with Crippen molar-refractivity contribution >= 4 is 0 Å². The average Bonchev–Trinajstić information content (AvgIpc) is 3.17. The topological polar surface area (TPSA) is 24.9 Å². The minimum absolute atomic E-state index is 0.504. The van der Waals surface area contributed by atoms with E-state index in [1.165, 1.54) is 56.3 Å². The first-order valence-corrected chi connectivity index (χ1v) is 7.00. The van der Waals surface area contributed by atoms with Crippen LogP contribution in [0.2, 0.25) is 0 Å². The number of fused-ring (bicyclic) bond motifs is 1. The van der Waals surface area contributed by atoms with Crippen molar-refractivity contribution in [1.29, 1.82) is 0 Å². The maximum absolute atomic E-state index is 4.59. The second kappa shape index (κ2) is 4.41. The molecule has 0 saturated heterocycles. The van der Waals surface area contributed by atoms with Gasteiger partial charge in [-0.05, 0) is 55.6 Å². The van der Waals surface area contributed by atoms with Crippen LogP contribution in [-0.4, -0.2) is 11.5 Å². The lowest BCUT2D eigenvalue weighted by Gasteiger charge is -2.27. The molecule has 1 unspecified atom stereocenters. The summed E-state index contributed by atoms with van der Waals surface area (Å²) in [6, 6.07) is 4.81. The summed E-state index contributed by atoms with van der Waals surface area (Å²) in [6.45, 7) is 3.51. The molecule has 1 N–H and O–H groups in total. The largest absolute Gasteiger partial charge is 0.308 e.